The third-order valence-electron chi connectivity index (χ3n) is 2.15. The van der Waals surface area contributed by atoms with Crippen molar-refractivity contribution in [1.82, 2.24) is 0 Å². The largest absolute Gasteiger partial charge is 0.371 e. The zero-order valence-electron chi connectivity index (χ0n) is 4.86. The predicted octanol–water partition coefficient (Wildman–Crippen LogP) is 1.40. The molecule has 0 aromatic carbocycles. The molecule has 1 heterocycles. The summed E-state index contributed by atoms with van der Waals surface area (Å²) in [5.41, 5.74) is 0. The van der Waals surface area contributed by atoms with E-state index in [1.807, 2.05) is 0 Å². The van der Waals surface area contributed by atoms with Crippen LogP contribution in [0.2, 0.25) is 0 Å². The van der Waals surface area contributed by atoms with E-state index in [9.17, 15) is 0 Å². The maximum absolute atomic E-state index is 6.07. The molecule has 1 nitrogen and oxygen atoms in total. The molecule has 0 aromatic heterocycles. The molecular weight excluding hydrogens is 124 g/mol. The second-order valence-electron chi connectivity index (χ2n) is 2.85. The van der Waals surface area contributed by atoms with Gasteiger partial charge in [-0.3, -0.25) is 0 Å². The lowest BCUT2D eigenvalue weighted by Crippen LogP contribution is -2.09. The zero-order chi connectivity index (χ0) is 5.78. The number of hydrogen-bond acceptors (Lipinski definition) is 1. The summed E-state index contributed by atoms with van der Waals surface area (Å²) in [6.45, 7) is 3.07. The highest BCUT2D eigenvalue weighted by Crippen LogP contribution is 2.55. The Bertz CT molecular complexity index is 122. The first-order chi connectivity index (χ1) is 3.73. The normalized spacial score (nSPS) is 60.8. The number of alkyl halides is 1. The molecule has 1 aliphatic carbocycles. The Morgan fingerprint density at radius 2 is 2.25 bits per heavy atom. The summed E-state index contributed by atoms with van der Waals surface area (Å²) >= 11 is 6.07. The van der Waals surface area contributed by atoms with Crippen molar-refractivity contribution in [1.29, 1.82) is 0 Å². The van der Waals surface area contributed by atoms with Crippen molar-refractivity contribution in [2.45, 2.75) is 24.3 Å². The molecule has 0 N–H and O–H groups in total. The molecule has 3 unspecified atom stereocenters. The van der Waals surface area contributed by atoms with Crippen LogP contribution in [0.15, 0.2) is 0 Å². The van der Waals surface area contributed by atoms with E-state index >= 15 is 0 Å². The lowest BCUT2D eigenvalue weighted by molar-refractivity contribution is 0.390. The number of ether oxygens (including phenoxy) is 1. The van der Waals surface area contributed by atoms with Crippen molar-refractivity contribution >= 4 is 11.6 Å². The van der Waals surface area contributed by atoms with Crippen molar-refractivity contribution in [2.75, 3.05) is 6.61 Å². The van der Waals surface area contributed by atoms with E-state index in [4.69, 9.17) is 16.3 Å². The van der Waals surface area contributed by atoms with E-state index in [0.717, 1.165) is 13.0 Å². The van der Waals surface area contributed by atoms with Gasteiger partial charge in [-0.15, -0.1) is 11.6 Å². The Morgan fingerprint density at radius 3 is 2.38 bits per heavy atom. The fourth-order valence-corrected chi connectivity index (χ4v) is 1.54. The molecule has 0 amide bonds. The quantitative estimate of drug-likeness (QED) is 0.388. The maximum Gasteiger partial charge on any atom is 0.100 e. The molecule has 46 valence electrons. The first kappa shape index (κ1) is 5.07. The Labute approximate surface area is 54.0 Å². The Kier molecular flexibility index (Phi) is 0.771. The summed E-state index contributed by atoms with van der Waals surface area (Å²) < 4.78 is 5.07. The molecule has 1 saturated carbocycles. The minimum absolute atomic E-state index is 0.0694. The van der Waals surface area contributed by atoms with Crippen LogP contribution in [0.3, 0.4) is 0 Å². The summed E-state index contributed by atoms with van der Waals surface area (Å²) in [5, 5.41) is 0. The van der Waals surface area contributed by atoms with Crippen LogP contribution in [0.5, 0.6) is 0 Å². The average Bonchev–Trinajstić information content (AvgIpc) is 2.44. The number of hydrogen-bond donors (Lipinski definition) is 0. The van der Waals surface area contributed by atoms with E-state index in [2.05, 4.69) is 6.92 Å². The van der Waals surface area contributed by atoms with Crippen LogP contribution in [0.1, 0.15) is 13.3 Å². The van der Waals surface area contributed by atoms with Crippen LogP contribution in [0.4, 0.5) is 0 Å². The summed E-state index contributed by atoms with van der Waals surface area (Å²) in [6, 6.07) is 0. The second-order valence-corrected chi connectivity index (χ2v) is 3.56. The standard InChI is InChI=1S/C6H9ClO/c1-4-2-6(4,7)5-3-8-5/h4-5H,2-3H2,1H3. The Morgan fingerprint density at radius 1 is 1.75 bits per heavy atom. The molecule has 1 aliphatic heterocycles. The summed E-state index contributed by atoms with van der Waals surface area (Å²) in [6.07, 6.45) is 1.55. The smallest absolute Gasteiger partial charge is 0.100 e. The van der Waals surface area contributed by atoms with Gasteiger partial charge in [0.05, 0.1) is 11.5 Å². The highest BCUT2D eigenvalue weighted by atomic mass is 35.5. The van der Waals surface area contributed by atoms with Gasteiger partial charge in [-0.05, 0) is 12.3 Å². The maximum atomic E-state index is 6.07. The van der Waals surface area contributed by atoms with Gasteiger partial charge in [0.15, 0.2) is 0 Å². The van der Waals surface area contributed by atoms with Crippen molar-refractivity contribution < 1.29 is 4.74 Å². The second kappa shape index (κ2) is 1.22. The minimum atomic E-state index is 0.0694. The average molecular weight is 133 g/mol. The third kappa shape index (κ3) is 0.517. The summed E-state index contributed by atoms with van der Waals surface area (Å²) in [4.78, 5) is 0.0694. The molecule has 2 rings (SSSR count). The first-order valence-electron chi connectivity index (χ1n) is 3.04. The summed E-state index contributed by atoms with van der Waals surface area (Å²) in [5.74, 6) is 0.691. The van der Waals surface area contributed by atoms with E-state index < -0.39 is 0 Å². The van der Waals surface area contributed by atoms with Crippen molar-refractivity contribution in [2.24, 2.45) is 5.92 Å². The van der Waals surface area contributed by atoms with E-state index in [1.54, 1.807) is 0 Å². The van der Waals surface area contributed by atoms with Gasteiger partial charge >= 0.3 is 0 Å². The van der Waals surface area contributed by atoms with Gasteiger partial charge in [0, 0.05) is 0 Å². The van der Waals surface area contributed by atoms with Gasteiger partial charge < -0.3 is 4.74 Å². The number of epoxide rings is 1. The molecule has 0 bridgehead atoms. The van der Waals surface area contributed by atoms with Crippen LogP contribution < -0.4 is 0 Å². The van der Waals surface area contributed by atoms with Crippen molar-refractivity contribution in [3.8, 4) is 0 Å². The van der Waals surface area contributed by atoms with Gasteiger partial charge in [-0.2, -0.15) is 0 Å². The van der Waals surface area contributed by atoms with E-state index in [1.165, 1.54) is 0 Å². The molecule has 0 spiro atoms. The van der Waals surface area contributed by atoms with Crippen LogP contribution in [-0.4, -0.2) is 17.6 Å². The monoisotopic (exact) mass is 132 g/mol. The molecule has 2 fully saturated rings. The van der Waals surface area contributed by atoms with Crippen LogP contribution >= 0.6 is 11.6 Å². The Balaban J connectivity index is 2.04. The van der Waals surface area contributed by atoms with E-state index in [-0.39, 0.29) is 4.87 Å². The highest BCUT2D eigenvalue weighted by molar-refractivity contribution is 6.26. The van der Waals surface area contributed by atoms with Gasteiger partial charge in [0.1, 0.15) is 6.10 Å². The van der Waals surface area contributed by atoms with Crippen molar-refractivity contribution in [3.63, 3.8) is 0 Å². The van der Waals surface area contributed by atoms with Gasteiger partial charge in [0.2, 0.25) is 0 Å². The molecular formula is C6H9ClO. The van der Waals surface area contributed by atoms with Crippen LogP contribution in [-0.2, 0) is 4.74 Å². The van der Waals surface area contributed by atoms with Gasteiger partial charge in [-0.25, -0.2) is 0 Å². The predicted molar refractivity (Wildman–Crippen MR) is 32.1 cm³/mol. The molecule has 0 aromatic rings. The fraction of sp³-hybridized carbons (Fsp3) is 1.00. The minimum Gasteiger partial charge on any atom is -0.371 e. The Hall–Kier alpha value is 0.250. The molecule has 0 radical (unpaired) electrons. The number of rotatable bonds is 1. The van der Waals surface area contributed by atoms with Gasteiger partial charge in [-0.1, -0.05) is 6.92 Å². The lowest BCUT2D eigenvalue weighted by Gasteiger charge is -1.97. The molecule has 8 heavy (non-hydrogen) atoms. The van der Waals surface area contributed by atoms with Crippen LogP contribution in [0, 0.1) is 5.92 Å². The van der Waals surface area contributed by atoms with E-state index in [0.29, 0.717) is 12.0 Å². The SMILES string of the molecule is CC1CC1(Cl)C1CO1. The molecule has 2 aliphatic rings. The zero-order valence-corrected chi connectivity index (χ0v) is 5.61. The first-order valence-corrected chi connectivity index (χ1v) is 3.42. The topological polar surface area (TPSA) is 12.5 Å². The van der Waals surface area contributed by atoms with Gasteiger partial charge in [0.25, 0.3) is 0 Å². The van der Waals surface area contributed by atoms with Crippen LogP contribution in [0.25, 0.3) is 0 Å². The summed E-state index contributed by atoms with van der Waals surface area (Å²) in [7, 11) is 0. The molecule has 3 atom stereocenters. The number of halogens is 1. The van der Waals surface area contributed by atoms with Crippen molar-refractivity contribution in [3.05, 3.63) is 0 Å². The fourth-order valence-electron chi connectivity index (χ4n) is 1.18. The highest BCUT2D eigenvalue weighted by Gasteiger charge is 2.60. The third-order valence-corrected chi connectivity index (χ3v) is 2.92. The molecule has 2 heteroatoms. The lowest BCUT2D eigenvalue weighted by atomic mass is 10.2. The molecule has 1 saturated heterocycles.